The topological polar surface area (TPSA) is 163 Å². The van der Waals surface area contributed by atoms with E-state index in [1.807, 2.05) is 19.9 Å². The van der Waals surface area contributed by atoms with E-state index in [2.05, 4.69) is 16.2 Å². The number of carboxylic acid groups (broad SMARTS) is 2. The minimum Gasteiger partial charge on any atom is -0.473 e. The molecule has 0 fully saturated rings. The number of carboxylic acids is 2. The van der Waals surface area contributed by atoms with Crippen molar-refractivity contribution in [3.63, 3.8) is 0 Å². The van der Waals surface area contributed by atoms with Gasteiger partial charge < -0.3 is 20.5 Å². The first-order chi connectivity index (χ1) is 12.3. The van der Waals surface area contributed by atoms with Crippen LogP contribution in [0.3, 0.4) is 0 Å². The van der Waals surface area contributed by atoms with E-state index in [1.54, 1.807) is 12.3 Å². The lowest BCUT2D eigenvalue weighted by molar-refractivity contribution is -0.159. The van der Waals surface area contributed by atoms with Crippen LogP contribution in [0.25, 0.3) is 0 Å². The first kappa shape index (κ1) is 21.1. The fraction of sp³-hybridized carbons (Fsp3) is 0.312. The molecule has 4 N–H and O–H groups in total. The molecule has 9 nitrogen and oxygen atoms in total. The second-order valence-corrected chi connectivity index (χ2v) is 6.29. The van der Waals surface area contributed by atoms with E-state index in [4.69, 9.17) is 30.1 Å². The van der Waals surface area contributed by atoms with Gasteiger partial charge in [-0.05, 0) is 38.9 Å². The molecule has 1 atom stereocenters. The zero-order valence-electron chi connectivity index (χ0n) is 14.2. The Balaban J connectivity index is 0.000000487. The third kappa shape index (κ3) is 6.19. The van der Waals surface area contributed by atoms with Crippen molar-refractivity contribution in [2.75, 3.05) is 6.54 Å². The molecule has 0 aliphatic heterocycles. The van der Waals surface area contributed by atoms with Crippen LogP contribution >= 0.6 is 11.8 Å². The van der Waals surface area contributed by atoms with E-state index in [9.17, 15) is 5.26 Å². The highest BCUT2D eigenvalue weighted by Crippen LogP contribution is 2.38. The SMILES string of the molecule is Cc1ccc(C#N)c(SC(CCN)c2nocc2C)n1.O=C(O)C(=O)O. The summed E-state index contributed by atoms with van der Waals surface area (Å²) in [4.78, 5) is 22.6. The Morgan fingerprint density at radius 3 is 2.46 bits per heavy atom. The molecule has 0 aliphatic carbocycles. The van der Waals surface area contributed by atoms with Crippen LogP contribution in [-0.4, -0.2) is 38.8 Å². The van der Waals surface area contributed by atoms with Crippen LogP contribution in [0, 0.1) is 25.2 Å². The van der Waals surface area contributed by atoms with Crippen LogP contribution in [0.1, 0.15) is 34.2 Å². The van der Waals surface area contributed by atoms with Crippen LogP contribution in [0.2, 0.25) is 0 Å². The van der Waals surface area contributed by atoms with E-state index in [0.29, 0.717) is 17.1 Å². The normalized spacial score (nSPS) is 11.0. The van der Waals surface area contributed by atoms with Gasteiger partial charge in [-0.3, -0.25) is 0 Å². The van der Waals surface area contributed by atoms with E-state index in [0.717, 1.165) is 23.4 Å². The predicted molar refractivity (Wildman–Crippen MR) is 92.5 cm³/mol. The molecule has 2 aromatic rings. The van der Waals surface area contributed by atoms with Crippen LogP contribution < -0.4 is 5.73 Å². The van der Waals surface area contributed by atoms with Gasteiger partial charge in [0.05, 0.1) is 16.5 Å². The largest absolute Gasteiger partial charge is 0.473 e. The van der Waals surface area contributed by atoms with Crippen molar-refractivity contribution in [3.8, 4) is 6.07 Å². The maximum absolute atomic E-state index is 9.18. The molecule has 2 heterocycles. The molecule has 2 aromatic heterocycles. The van der Waals surface area contributed by atoms with E-state index in [-0.39, 0.29) is 5.25 Å². The molecule has 26 heavy (non-hydrogen) atoms. The smallest absolute Gasteiger partial charge is 0.414 e. The van der Waals surface area contributed by atoms with E-state index >= 15 is 0 Å². The van der Waals surface area contributed by atoms with Crippen molar-refractivity contribution in [1.29, 1.82) is 5.26 Å². The summed E-state index contributed by atoms with van der Waals surface area (Å²) in [5.74, 6) is -3.65. The minimum absolute atomic E-state index is 0.0418. The summed E-state index contributed by atoms with van der Waals surface area (Å²) in [7, 11) is 0. The fourth-order valence-electron chi connectivity index (χ4n) is 1.85. The number of aryl methyl sites for hydroxylation is 2. The number of pyridine rings is 1. The van der Waals surface area contributed by atoms with Crippen molar-refractivity contribution in [2.45, 2.75) is 30.5 Å². The van der Waals surface area contributed by atoms with Gasteiger partial charge in [0.25, 0.3) is 0 Å². The van der Waals surface area contributed by atoms with E-state index in [1.165, 1.54) is 11.8 Å². The highest BCUT2D eigenvalue weighted by Gasteiger charge is 2.20. The summed E-state index contributed by atoms with van der Waals surface area (Å²) in [5.41, 5.74) is 9.00. The quantitative estimate of drug-likeness (QED) is 0.517. The maximum Gasteiger partial charge on any atom is 0.414 e. The maximum atomic E-state index is 9.18. The Morgan fingerprint density at radius 2 is 2.00 bits per heavy atom. The Bertz CT molecular complexity index is 803. The van der Waals surface area contributed by atoms with Crippen LogP contribution in [-0.2, 0) is 9.59 Å². The Labute approximate surface area is 153 Å². The molecule has 0 aromatic carbocycles. The second kappa shape index (κ2) is 10.2. The molecule has 2 rings (SSSR count). The molecule has 0 aliphatic rings. The van der Waals surface area contributed by atoms with Gasteiger partial charge in [-0.2, -0.15) is 5.26 Å². The summed E-state index contributed by atoms with van der Waals surface area (Å²) in [5, 5.41) is 28.8. The van der Waals surface area contributed by atoms with Crippen LogP contribution in [0.15, 0.2) is 27.9 Å². The predicted octanol–water partition coefficient (Wildman–Crippen LogP) is 1.90. The number of nitriles is 1. The zero-order chi connectivity index (χ0) is 19.7. The molecule has 0 saturated heterocycles. The number of aromatic nitrogens is 2. The van der Waals surface area contributed by atoms with E-state index < -0.39 is 11.9 Å². The highest BCUT2D eigenvalue weighted by atomic mass is 32.2. The third-order valence-electron chi connectivity index (χ3n) is 3.08. The minimum atomic E-state index is -1.82. The number of hydrogen-bond donors (Lipinski definition) is 3. The molecule has 0 amide bonds. The highest BCUT2D eigenvalue weighted by molar-refractivity contribution is 7.99. The van der Waals surface area contributed by atoms with Gasteiger partial charge in [0.15, 0.2) is 0 Å². The summed E-state index contributed by atoms with van der Waals surface area (Å²) >= 11 is 1.51. The monoisotopic (exact) mass is 378 g/mol. The van der Waals surface area contributed by atoms with Crippen LogP contribution in [0.5, 0.6) is 0 Å². The molecule has 0 radical (unpaired) electrons. The lowest BCUT2D eigenvalue weighted by Crippen LogP contribution is -2.09. The Hall–Kier alpha value is -2.90. The first-order valence-electron chi connectivity index (χ1n) is 7.41. The summed E-state index contributed by atoms with van der Waals surface area (Å²) in [6, 6.07) is 5.80. The number of hydrogen-bond acceptors (Lipinski definition) is 8. The third-order valence-corrected chi connectivity index (χ3v) is 4.35. The number of aliphatic carboxylic acids is 2. The molecule has 10 heteroatoms. The fourth-order valence-corrected chi connectivity index (χ4v) is 3.15. The van der Waals surface area contributed by atoms with Gasteiger partial charge in [-0.1, -0.05) is 16.9 Å². The van der Waals surface area contributed by atoms with Gasteiger partial charge in [0.2, 0.25) is 0 Å². The van der Waals surface area contributed by atoms with Gasteiger partial charge in [0, 0.05) is 11.3 Å². The molecule has 0 bridgehead atoms. The summed E-state index contributed by atoms with van der Waals surface area (Å²) in [6.07, 6.45) is 2.37. The van der Waals surface area contributed by atoms with Gasteiger partial charge >= 0.3 is 11.9 Å². The number of nitrogens with zero attached hydrogens (tertiary/aromatic N) is 3. The van der Waals surface area contributed by atoms with Crippen molar-refractivity contribution in [3.05, 3.63) is 40.9 Å². The standard InChI is InChI=1S/C14H16N4OS.C2H2O4/c1-9-8-19-18-13(9)12(5-6-15)20-14-11(7-16)4-3-10(2)17-14;3-1(4)2(5)6/h3-4,8,12H,5-6,15H2,1-2H3;(H,3,4)(H,5,6). The molecule has 0 saturated carbocycles. The van der Waals surface area contributed by atoms with Crippen molar-refractivity contribution in [2.24, 2.45) is 5.73 Å². The van der Waals surface area contributed by atoms with Crippen LogP contribution in [0.4, 0.5) is 0 Å². The van der Waals surface area contributed by atoms with Crippen molar-refractivity contribution in [1.82, 2.24) is 10.1 Å². The molecule has 138 valence electrons. The molecular formula is C16H18N4O5S. The molecule has 1 unspecified atom stereocenters. The Kier molecular flexibility index (Phi) is 8.27. The average molecular weight is 378 g/mol. The molecule has 0 spiro atoms. The summed E-state index contributed by atoms with van der Waals surface area (Å²) in [6.45, 7) is 4.40. The Morgan fingerprint density at radius 1 is 1.35 bits per heavy atom. The summed E-state index contributed by atoms with van der Waals surface area (Å²) < 4.78 is 5.00. The van der Waals surface area contributed by atoms with Gasteiger partial charge in [0.1, 0.15) is 17.4 Å². The lowest BCUT2D eigenvalue weighted by atomic mass is 10.2. The van der Waals surface area contributed by atoms with Crippen molar-refractivity contribution < 1.29 is 24.3 Å². The molecular weight excluding hydrogens is 360 g/mol. The van der Waals surface area contributed by atoms with Gasteiger partial charge in [-0.25, -0.2) is 14.6 Å². The first-order valence-corrected chi connectivity index (χ1v) is 8.29. The number of thioether (sulfide) groups is 1. The number of nitrogens with two attached hydrogens (primary N) is 1. The zero-order valence-corrected chi connectivity index (χ0v) is 15.0. The van der Waals surface area contributed by atoms with Crippen molar-refractivity contribution >= 4 is 23.7 Å². The second-order valence-electron chi connectivity index (χ2n) is 5.09. The number of carbonyl (C=O) groups is 2. The lowest BCUT2D eigenvalue weighted by Gasteiger charge is -2.14. The number of rotatable bonds is 5. The van der Waals surface area contributed by atoms with Gasteiger partial charge in [-0.15, -0.1) is 0 Å². The average Bonchev–Trinajstić information content (AvgIpc) is 3.01.